The highest BCUT2D eigenvalue weighted by molar-refractivity contribution is 6.33. The van der Waals surface area contributed by atoms with Crippen LogP contribution >= 0.6 is 11.6 Å². The van der Waals surface area contributed by atoms with E-state index in [4.69, 9.17) is 22.1 Å². The van der Waals surface area contributed by atoms with Gasteiger partial charge in [0.15, 0.2) is 0 Å². The van der Waals surface area contributed by atoms with Crippen LogP contribution in [0.1, 0.15) is 12.8 Å². The molecule has 1 atom stereocenters. The van der Waals surface area contributed by atoms with Gasteiger partial charge in [0.25, 0.3) is 0 Å². The lowest BCUT2D eigenvalue weighted by molar-refractivity contribution is 0.185. The van der Waals surface area contributed by atoms with Gasteiger partial charge in [-0.3, -0.25) is 0 Å². The van der Waals surface area contributed by atoms with Crippen LogP contribution in [0.25, 0.3) is 0 Å². The van der Waals surface area contributed by atoms with Gasteiger partial charge in [-0.25, -0.2) is 0 Å². The molecule has 1 aliphatic rings. The molecule has 1 heterocycles. The third-order valence-corrected chi connectivity index (χ3v) is 3.27. The predicted octanol–water partition coefficient (Wildman–Crippen LogP) is 2.76. The Morgan fingerprint density at radius 2 is 2.38 bits per heavy atom. The molecule has 1 unspecified atom stereocenters. The van der Waals surface area contributed by atoms with Crippen LogP contribution in [0, 0.1) is 5.92 Å². The van der Waals surface area contributed by atoms with E-state index in [-0.39, 0.29) is 0 Å². The van der Waals surface area contributed by atoms with Crippen LogP contribution in [0.4, 0.5) is 11.4 Å². The number of nitrogen functional groups attached to an aromatic ring is 1. The molecule has 0 spiro atoms. The fourth-order valence-electron chi connectivity index (χ4n) is 1.91. The molecule has 1 aromatic carbocycles. The van der Waals surface area contributed by atoms with Crippen LogP contribution in [0.3, 0.4) is 0 Å². The Morgan fingerprint density at radius 1 is 1.50 bits per heavy atom. The average molecular weight is 241 g/mol. The standard InChI is InChI=1S/C12H17ClN2O/c13-10-2-1-3-11(12(10)14)15-6-4-9-5-7-16-8-9/h1-3,9,15H,4-8,14H2. The lowest BCUT2D eigenvalue weighted by Gasteiger charge is -2.12. The van der Waals surface area contributed by atoms with Crippen LogP contribution in [0.15, 0.2) is 18.2 Å². The van der Waals surface area contributed by atoms with E-state index in [0.29, 0.717) is 16.6 Å². The Morgan fingerprint density at radius 3 is 3.12 bits per heavy atom. The van der Waals surface area contributed by atoms with Gasteiger partial charge in [-0.05, 0) is 30.9 Å². The highest BCUT2D eigenvalue weighted by Gasteiger charge is 2.14. The van der Waals surface area contributed by atoms with Gasteiger partial charge in [-0.2, -0.15) is 0 Å². The summed E-state index contributed by atoms with van der Waals surface area (Å²) in [6, 6.07) is 5.65. The summed E-state index contributed by atoms with van der Waals surface area (Å²) in [5.41, 5.74) is 7.41. The van der Waals surface area contributed by atoms with Gasteiger partial charge in [0.05, 0.1) is 16.4 Å². The number of hydrogen-bond donors (Lipinski definition) is 2. The largest absolute Gasteiger partial charge is 0.396 e. The first-order chi connectivity index (χ1) is 7.77. The van der Waals surface area contributed by atoms with E-state index >= 15 is 0 Å². The van der Waals surface area contributed by atoms with E-state index in [0.717, 1.165) is 31.9 Å². The number of para-hydroxylation sites is 1. The number of benzene rings is 1. The highest BCUT2D eigenvalue weighted by Crippen LogP contribution is 2.27. The summed E-state index contributed by atoms with van der Waals surface area (Å²) in [5, 5.41) is 3.92. The normalized spacial score (nSPS) is 19.9. The molecule has 3 nitrogen and oxygen atoms in total. The van der Waals surface area contributed by atoms with E-state index in [9.17, 15) is 0 Å². The molecular formula is C12H17ClN2O. The second kappa shape index (κ2) is 5.41. The fourth-order valence-corrected chi connectivity index (χ4v) is 2.09. The van der Waals surface area contributed by atoms with Crippen molar-refractivity contribution in [3.8, 4) is 0 Å². The summed E-state index contributed by atoms with van der Waals surface area (Å²) in [4.78, 5) is 0. The third kappa shape index (κ3) is 2.80. The van der Waals surface area contributed by atoms with Crippen LogP contribution in [-0.4, -0.2) is 19.8 Å². The van der Waals surface area contributed by atoms with Crippen LogP contribution in [-0.2, 0) is 4.74 Å². The van der Waals surface area contributed by atoms with Gasteiger partial charge < -0.3 is 15.8 Å². The summed E-state index contributed by atoms with van der Waals surface area (Å²) >= 11 is 5.93. The molecule has 0 amide bonds. The number of rotatable bonds is 4. The summed E-state index contributed by atoms with van der Waals surface area (Å²) in [5.74, 6) is 0.688. The quantitative estimate of drug-likeness (QED) is 0.796. The van der Waals surface area contributed by atoms with Gasteiger partial charge in [0, 0.05) is 19.8 Å². The van der Waals surface area contributed by atoms with Gasteiger partial charge in [-0.15, -0.1) is 0 Å². The first-order valence-corrected chi connectivity index (χ1v) is 6.01. The summed E-state index contributed by atoms with van der Waals surface area (Å²) in [6.45, 7) is 2.72. The SMILES string of the molecule is Nc1c(Cl)cccc1NCCC1CCOC1. The minimum atomic E-state index is 0.606. The van der Waals surface area contributed by atoms with E-state index in [1.165, 1.54) is 6.42 Å². The zero-order valence-corrected chi connectivity index (χ0v) is 9.96. The molecule has 88 valence electrons. The van der Waals surface area contributed by atoms with E-state index in [2.05, 4.69) is 5.32 Å². The molecule has 1 aromatic rings. The number of halogens is 1. The summed E-state index contributed by atoms with van der Waals surface area (Å²) in [6.07, 6.45) is 2.29. The van der Waals surface area contributed by atoms with Crippen molar-refractivity contribution in [3.63, 3.8) is 0 Å². The van der Waals surface area contributed by atoms with Crippen molar-refractivity contribution >= 4 is 23.0 Å². The van der Waals surface area contributed by atoms with Gasteiger partial charge in [0.2, 0.25) is 0 Å². The van der Waals surface area contributed by atoms with Crippen molar-refractivity contribution in [2.75, 3.05) is 30.8 Å². The Kier molecular flexibility index (Phi) is 3.91. The maximum atomic E-state index is 5.93. The van der Waals surface area contributed by atoms with E-state index in [1.54, 1.807) is 6.07 Å². The number of hydrogen-bond acceptors (Lipinski definition) is 3. The van der Waals surface area contributed by atoms with Crippen molar-refractivity contribution < 1.29 is 4.74 Å². The molecular weight excluding hydrogens is 224 g/mol. The zero-order chi connectivity index (χ0) is 11.4. The van der Waals surface area contributed by atoms with Crippen molar-refractivity contribution in [2.24, 2.45) is 5.92 Å². The second-order valence-electron chi connectivity index (χ2n) is 4.15. The van der Waals surface area contributed by atoms with Crippen molar-refractivity contribution in [1.29, 1.82) is 0 Å². The first kappa shape index (κ1) is 11.6. The highest BCUT2D eigenvalue weighted by atomic mass is 35.5. The van der Waals surface area contributed by atoms with E-state index < -0.39 is 0 Å². The molecule has 3 N–H and O–H groups in total. The molecule has 1 fully saturated rings. The minimum absolute atomic E-state index is 0.606. The molecule has 0 aromatic heterocycles. The first-order valence-electron chi connectivity index (χ1n) is 5.63. The van der Waals surface area contributed by atoms with Gasteiger partial charge in [0.1, 0.15) is 0 Å². The van der Waals surface area contributed by atoms with Crippen molar-refractivity contribution in [3.05, 3.63) is 23.2 Å². The molecule has 1 saturated heterocycles. The molecule has 0 radical (unpaired) electrons. The Labute approximate surface area is 101 Å². The molecule has 2 rings (SSSR count). The third-order valence-electron chi connectivity index (χ3n) is 2.94. The molecule has 0 bridgehead atoms. The molecule has 0 aliphatic carbocycles. The smallest absolute Gasteiger partial charge is 0.0739 e. The Bertz CT molecular complexity index is 351. The van der Waals surface area contributed by atoms with Crippen molar-refractivity contribution in [1.82, 2.24) is 0 Å². The Balaban J connectivity index is 1.82. The fraction of sp³-hybridized carbons (Fsp3) is 0.500. The van der Waals surface area contributed by atoms with Crippen LogP contribution in [0.5, 0.6) is 0 Å². The molecule has 0 saturated carbocycles. The molecule has 16 heavy (non-hydrogen) atoms. The lowest BCUT2D eigenvalue weighted by Crippen LogP contribution is -2.10. The number of anilines is 2. The maximum Gasteiger partial charge on any atom is 0.0739 e. The van der Waals surface area contributed by atoms with Crippen LogP contribution in [0.2, 0.25) is 5.02 Å². The summed E-state index contributed by atoms with van der Waals surface area (Å²) in [7, 11) is 0. The van der Waals surface area contributed by atoms with E-state index in [1.807, 2.05) is 12.1 Å². The number of nitrogens with one attached hydrogen (secondary N) is 1. The number of nitrogens with two attached hydrogens (primary N) is 1. The lowest BCUT2D eigenvalue weighted by atomic mass is 10.1. The predicted molar refractivity (Wildman–Crippen MR) is 67.9 cm³/mol. The maximum absolute atomic E-state index is 5.93. The molecule has 1 aliphatic heterocycles. The second-order valence-corrected chi connectivity index (χ2v) is 4.55. The van der Waals surface area contributed by atoms with Gasteiger partial charge >= 0.3 is 0 Å². The zero-order valence-electron chi connectivity index (χ0n) is 9.21. The summed E-state index contributed by atoms with van der Waals surface area (Å²) < 4.78 is 5.33. The minimum Gasteiger partial charge on any atom is -0.396 e. The van der Waals surface area contributed by atoms with Gasteiger partial charge in [-0.1, -0.05) is 17.7 Å². The van der Waals surface area contributed by atoms with Crippen LogP contribution < -0.4 is 11.1 Å². The topological polar surface area (TPSA) is 47.3 Å². The number of ether oxygens (including phenoxy) is 1. The molecule has 4 heteroatoms. The Hall–Kier alpha value is -0.930. The van der Waals surface area contributed by atoms with Crippen molar-refractivity contribution in [2.45, 2.75) is 12.8 Å². The monoisotopic (exact) mass is 240 g/mol. The average Bonchev–Trinajstić information content (AvgIpc) is 2.77.